The maximum Gasteiger partial charge on any atom is 0.328 e. The predicted octanol–water partition coefficient (Wildman–Crippen LogP) is 1.05. The molecular formula is C15H15N3O4. The van der Waals surface area contributed by atoms with Crippen molar-refractivity contribution in [2.75, 3.05) is 13.7 Å². The number of rotatable bonds is 6. The second kappa shape index (κ2) is 7.28. The lowest BCUT2D eigenvalue weighted by Gasteiger charge is -2.08. The lowest BCUT2D eigenvalue weighted by Crippen LogP contribution is -2.27. The third-order valence-electron chi connectivity index (χ3n) is 2.84. The third kappa shape index (κ3) is 3.86. The molecule has 2 aromatic heterocycles. The van der Waals surface area contributed by atoms with Crippen LogP contribution in [0.25, 0.3) is 17.5 Å². The van der Waals surface area contributed by atoms with Crippen LogP contribution in [0.3, 0.4) is 0 Å². The number of methoxy groups -OCH3 is 1. The van der Waals surface area contributed by atoms with Gasteiger partial charge in [0, 0.05) is 24.9 Å². The van der Waals surface area contributed by atoms with E-state index in [1.54, 1.807) is 24.4 Å². The molecule has 2 heterocycles. The molecule has 0 aromatic carbocycles. The van der Waals surface area contributed by atoms with Crippen molar-refractivity contribution < 1.29 is 14.6 Å². The smallest absolute Gasteiger partial charge is 0.328 e. The summed E-state index contributed by atoms with van der Waals surface area (Å²) in [4.78, 5) is 27.1. The molecule has 0 aliphatic rings. The first kappa shape index (κ1) is 15.6. The fraction of sp³-hybridized carbons (Fsp3) is 0.200. The third-order valence-corrected chi connectivity index (χ3v) is 2.84. The van der Waals surface area contributed by atoms with Crippen LogP contribution in [0.5, 0.6) is 0 Å². The van der Waals surface area contributed by atoms with Crippen LogP contribution in [-0.4, -0.2) is 39.6 Å². The molecule has 1 N–H and O–H groups in total. The van der Waals surface area contributed by atoms with Gasteiger partial charge in [0.25, 0.3) is 5.56 Å². The largest absolute Gasteiger partial charge is 0.478 e. The summed E-state index contributed by atoms with van der Waals surface area (Å²) in [5.74, 6) is -1.13. The van der Waals surface area contributed by atoms with E-state index < -0.39 is 5.97 Å². The molecule has 0 aliphatic heterocycles. The van der Waals surface area contributed by atoms with Gasteiger partial charge in [-0.15, -0.1) is 0 Å². The van der Waals surface area contributed by atoms with Crippen LogP contribution in [0.2, 0.25) is 0 Å². The number of aliphatic carboxylic acids is 1. The molecule has 0 unspecified atom stereocenters. The number of nitrogens with zero attached hydrogens (tertiary/aromatic N) is 3. The van der Waals surface area contributed by atoms with E-state index in [4.69, 9.17) is 9.84 Å². The van der Waals surface area contributed by atoms with Crippen LogP contribution in [0.4, 0.5) is 0 Å². The zero-order valence-electron chi connectivity index (χ0n) is 12.0. The van der Waals surface area contributed by atoms with E-state index >= 15 is 0 Å². The number of carboxylic acids is 1. The molecule has 2 aromatic rings. The van der Waals surface area contributed by atoms with E-state index in [1.807, 2.05) is 0 Å². The Morgan fingerprint density at radius 3 is 2.86 bits per heavy atom. The molecule has 0 saturated heterocycles. The Hall–Kier alpha value is -2.80. The van der Waals surface area contributed by atoms with Crippen LogP contribution in [-0.2, 0) is 16.1 Å². The van der Waals surface area contributed by atoms with E-state index in [0.29, 0.717) is 18.0 Å². The molecule has 0 atom stereocenters. The monoisotopic (exact) mass is 301 g/mol. The molecule has 0 bridgehead atoms. The van der Waals surface area contributed by atoms with E-state index in [0.717, 1.165) is 6.08 Å². The molecule has 7 nitrogen and oxygen atoms in total. The average molecular weight is 301 g/mol. The SMILES string of the molecule is COCCn1nc(-c2ccccn2)cc(/C=C/C(=O)O)c1=O. The number of hydrogen-bond donors (Lipinski definition) is 1. The molecular weight excluding hydrogens is 286 g/mol. The first-order chi connectivity index (χ1) is 10.6. The molecule has 0 saturated carbocycles. The number of carbonyl (C=O) groups is 1. The summed E-state index contributed by atoms with van der Waals surface area (Å²) in [5, 5.41) is 13.0. The Labute approximate surface area is 126 Å². The number of pyridine rings is 1. The van der Waals surface area contributed by atoms with Gasteiger partial charge in [0.1, 0.15) is 5.69 Å². The van der Waals surface area contributed by atoms with E-state index in [1.165, 1.54) is 23.9 Å². The normalized spacial score (nSPS) is 11.0. The van der Waals surface area contributed by atoms with Crippen LogP contribution in [0.1, 0.15) is 5.56 Å². The highest BCUT2D eigenvalue weighted by Crippen LogP contribution is 2.13. The second-order valence-electron chi connectivity index (χ2n) is 4.39. The van der Waals surface area contributed by atoms with Gasteiger partial charge in [-0.05, 0) is 24.3 Å². The Morgan fingerprint density at radius 1 is 1.41 bits per heavy atom. The van der Waals surface area contributed by atoms with Crippen LogP contribution in [0.15, 0.2) is 41.3 Å². The van der Waals surface area contributed by atoms with Crippen molar-refractivity contribution in [1.29, 1.82) is 0 Å². The Kier molecular flexibility index (Phi) is 5.16. The first-order valence-electron chi connectivity index (χ1n) is 6.55. The highest BCUT2D eigenvalue weighted by atomic mass is 16.5. The van der Waals surface area contributed by atoms with E-state index in [2.05, 4.69) is 10.1 Å². The Morgan fingerprint density at radius 2 is 2.23 bits per heavy atom. The molecule has 7 heteroatoms. The van der Waals surface area contributed by atoms with E-state index in [9.17, 15) is 9.59 Å². The summed E-state index contributed by atoms with van der Waals surface area (Å²) in [6, 6.07) is 6.86. The first-order valence-corrected chi connectivity index (χ1v) is 6.55. The maximum absolute atomic E-state index is 12.3. The van der Waals surface area contributed by atoms with Gasteiger partial charge in [-0.1, -0.05) is 6.07 Å². The minimum absolute atomic E-state index is 0.231. The van der Waals surface area contributed by atoms with Crippen molar-refractivity contribution in [2.45, 2.75) is 6.54 Å². The fourth-order valence-electron chi connectivity index (χ4n) is 1.81. The van der Waals surface area contributed by atoms with Crippen molar-refractivity contribution in [3.05, 3.63) is 52.5 Å². The van der Waals surface area contributed by atoms with Crippen molar-refractivity contribution in [2.24, 2.45) is 0 Å². The van der Waals surface area contributed by atoms with Crippen molar-refractivity contribution in [3.63, 3.8) is 0 Å². The lowest BCUT2D eigenvalue weighted by molar-refractivity contribution is -0.131. The van der Waals surface area contributed by atoms with Crippen molar-refractivity contribution in [1.82, 2.24) is 14.8 Å². The summed E-state index contributed by atoms with van der Waals surface area (Å²) >= 11 is 0. The van der Waals surface area contributed by atoms with Gasteiger partial charge in [0.15, 0.2) is 0 Å². The molecule has 0 spiro atoms. The maximum atomic E-state index is 12.3. The lowest BCUT2D eigenvalue weighted by atomic mass is 10.2. The summed E-state index contributed by atoms with van der Waals surface area (Å²) in [6.45, 7) is 0.588. The molecule has 2 rings (SSSR count). The summed E-state index contributed by atoms with van der Waals surface area (Å²) in [6.07, 6.45) is 3.79. The number of carboxylic acid groups (broad SMARTS) is 1. The molecule has 0 aliphatic carbocycles. The number of ether oxygens (including phenoxy) is 1. The fourth-order valence-corrected chi connectivity index (χ4v) is 1.81. The van der Waals surface area contributed by atoms with Gasteiger partial charge in [-0.25, -0.2) is 9.48 Å². The summed E-state index contributed by atoms with van der Waals surface area (Å²) in [5.41, 5.74) is 0.934. The average Bonchev–Trinajstić information content (AvgIpc) is 2.53. The van der Waals surface area contributed by atoms with Gasteiger partial charge < -0.3 is 9.84 Å². The summed E-state index contributed by atoms with van der Waals surface area (Å²) in [7, 11) is 1.53. The predicted molar refractivity (Wildman–Crippen MR) is 80.3 cm³/mol. The second-order valence-corrected chi connectivity index (χ2v) is 4.39. The van der Waals surface area contributed by atoms with Crippen molar-refractivity contribution >= 4 is 12.0 Å². The number of hydrogen-bond acceptors (Lipinski definition) is 5. The summed E-state index contributed by atoms with van der Waals surface area (Å²) < 4.78 is 6.20. The minimum Gasteiger partial charge on any atom is -0.478 e. The van der Waals surface area contributed by atoms with Gasteiger partial charge in [0.05, 0.1) is 18.8 Å². The van der Waals surface area contributed by atoms with Gasteiger partial charge >= 0.3 is 5.97 Å². The zero-order chi connectivity index (χ0) is 15.9. The highest BCUT2D eigenvalue weighted by Gasteiger charge is 2.09. The Bertz CT molecular complexity index is 738. The molecule has 0 amide bonds. The molecule has 0 fully saturated rings. The topological polar surface area (TPSA) is 94.3 Å². The number of aromatic nitrogens is 3. The standard InChI is InChI=1S/C15H15N3O4/c1-22-9-8-18-15(21)11(5-6-14(19)20)10-13(17-18)12-4-2-3-7-16-12/h2-7,10H,8-9H2,1H3,(H,19,20)/b6-5+. The van der Waals surface area contributed by atoms with Gasteiger partial charge in [0.2, 0.25) is 0 Å². The zero-order valence-corrected chi connectivity index (χ0v) is 12.0. The quantitative estimate of drug-likeness (QED) is 0.801. The molecule has 114 valence electrons. The van der Waals surface area contributed by atoms with Crippen LogP contribution >= 0.6 is 0 Å². The Balaban J connectivity index is 2.52. The minimum atomic E-state index is -1.13. The van der Waals surface area contributed by atoms with E-state index in [-0.39, 0.29) is 17.7 Å². The van der Waals surface area contributed by atoms with Crippen molar-refractivity contribution in [3.8, 4) is 11.4 Å². The van der Waals surface area contributed by atoms with Gasteiger partial charge in [-0.2, -0.15) is 5.10 Å². The molecule has 22 heavy (non-hydrogen) atoms. The molecule has 0 radical (unpaired) electrons. The highest BCUT2D eigenvalue weighted by molar-refractivity contribution is 5.85. The van der Waals surface area contributed by atoms with Crippen LogP contribution < -0.4 is 5.56 Å². The van der Waals surface area contributed by atoms with Gasteiger partial charge in [-0.3, -0.25) is 9.78 Å². The van der Waals surface area contributed by atoms with Crippen LogP contribution in [0, 0.1) is 0 Å².